The second-order valence-electron chi connectivity index (χ2n) is 4.15. The second-order valence-corrected chi connectivity index (χ2v) is 6.30. The number of aliphatic hydroxyl groups is 2. The zero-order valence-electron chi connectivity index (χ0n) is 7.83. The van der Waals surface area contributed by atoms with Crippen LogP contribution in [-0.4, -0.2) is 66.4 Å². The van der Waals surface area contributed by atoms with Gasteiger partial charge in [-0.1, -0.05) is 0 Å². The van der Waals surface area contributed by atoms with Crippen LogP contribution in [0.15, 0.2) is 0 Å². The first kappa shape index (κ1) is 10.4. The lowest BCUT2D eigenvalue weighted by atomic mass is 10.2. The minimum atomic E-state index is -3.07. The van der Waals surface area contributed by atoms with Crippen molar-refractivity contribution >= 4 is 9.84 Å². The van der Waals surface area contributed by atoms with Gasteiger partial charge in [0.15, 0.2) is 9.84 Å². The molecule has 0 amide bonds. The maximum atomic E-state index is 11.2. The zero-order chi connectivity index (χ0) is 10.3. The standard InChI is InChI=1S/C8H15NO4S/c10-6-1-2-9(3-6)7-4-14(12,13)5-8(7)11/h6-8,10-11H,1-5H2. The Morgan fingerprint density at radius 1 is 1.21 bits per heavy atom. The fourth-order valence-electron chi connectivity index (χ4n) is 2.23. The van der Waals surface area contributed by atoms with E-state index in [1.54, 1.807) is 0 Å². The lowest BCUT2D eigenvalue weighted by Crippen LogP contribution is -2.42. The van der Waals surface area contributed by atoms with Crippen molar-refractivity contribution in [2.24, 2.45) is 0 Å². The molecule has 2 rings (SSSR count). The van der Waals surface area contributed by atoms with Gasteiger partial charge >= 0.3 is 0 Å². The van der Waals surface area contributed by atoms with Crippen LogP contribution in [0, 0.1) is 0 Å². The first-order valence-electron chi connectivity index (χ1n) is 4.78. The summed E-state index contributed by atoms with van der Waals surface area (Å²) in [5.74, 6) is -0.106. The Hall–Kier alpha value is -0.170. The van der Waals surface area contributed by atoms with E-state index >= 15 is 0 Å². The maximum absolute atomic E-state index is 11.2. The minimum Gasteiger partial charge on any atom is -0.392 e. The molecule has 3 atom stereocenters. The molecule has 82 valence electrons. The Morgan fingerprint density at radius 3 is 2.36 bits per heavy atom. The third-order valence-corrected chi connectivity index (χ3v) is 4.66. The number of hydrogen-bond donors (Lipinski definition) is 2. The van der Waals surface area contributed by atoms with Gasteiger partial charge in [-0.25, -0.2) is 8.42 Å². The van der Waals surface area contributed by atoms with E-state index in [1.165, 1.54) is 0 Å². The summed E-state index contributed by atoms with van der Waals surface area (Å²) in [6, 6.07) is -0.308. The Labute approximate surface area is 83.3 Å². The van der Waals surface area contributed by atoms with Crippen LogP contribution in [-0.2, 0) is 9.84 Å². The highest BCUT2D eigenvalue weighted by Crippen LogP contribution is 2.22. The monoisotopic (exact) mass is 221 g/mol. The molecule has 0 radical (unpaired) electrons. The molecule has 0 aromatic heterocycles. The number of β-amino-alcohol motifs (C(OH)–C–C–N with tert-alkyl or cyclic N) is 1. The van der Waals surface area contributed by atoms with Crippen molar-refractivity contribution in [2.75, 3.05) is 24.6 Å². The van der Waals surface area contributed by atoms with Gasteiger partial charge in [-0.3, -0.25) is 4.90 Å². The maximum Gasteiger partial charge on any atom is 0.154 e. The van der Waals surface area contributed by atoms with Gasteiger partial charge in [0.25, 0.3) is 0 Å². The van der Waals surface area contributed by atoms with Crippen LogP contribution in [0.5, 0.6) is 0 Å². The van der Waals surface area contributed by atoms with E-state index < -0.39 is 15.9 Å². The number of aliphatic hydroxyl groups excluding tert-OH is 2. The Kier molecular flexibility index (Phi) is 2.55. The first-order chi connectivity index (χ1) is 6.48. The van der Waals surface area contributed by atoms with Crippen LogP contribution in [0.1, 0.15) is 6.42 Å². The van der Waals surface area contributed by atoms with Gasteiger partial charge in [0, 0.05) is 13.1 Å². The van der Waals surface area contributed by atoms with Crippen molar-refractivity contribution in [3.05, 3.63) is 0 Å². The first-order valence-corrected chi connectivity index (χ1v) is 6.61. The molecule has 2 aliphatic heterocycles. The number of rotatable bonds is 1. The normalized spacial score (nSPS) is 43.1. The number of nitrogens with zero attached hydrogens (tertiary/aromatic N) is 1. The van der Waals surface area contributed by atoms with Crippen LogP contribution in [0.2, 0.25) is 0 Å². The molecular weight excluding hydrogens is 206 g/mol. The third kappa shape index (κ3) is 1.93. The van der Waals surface area contributed by atoms with Gasteiger partial charge in [-0.15, -0.1) is 0 Å². The Balaban J connectivity index is 2.06. The molecule has 0 aliphatic carbocycles. The van der Waals surface area contributed by atoms with E-state index in [4.69, 9.17) is 0 Å². The van der Waals surface area contributed by atoms with Crippen molar-refractivity contribution in [1.29, 1.82) is 0 Å². The van der Waals surface area contributed by atoms with E-state index in [-0.39, 0.29) is 23.7 Å². The molecule has 0 bridgehead atoms. The second kappa shape index (κ2) is 3.44. The van der Waals surface area contributed by atoms with Crippen molar-refractivity contribution in [3.63, 3.8) is 0 Å². The Morgan fingerprint density at radius 2 is 1.93 bits per heavy atom. The highest BCUT2D eigenvalue weighted by atomic mass is 32.2. The van der Waals surface area contributed by atoms with Crippen LogP contribution in [0.4, 0.5) is 0 Å². The predicted octanol–water partition coefficient (Wildman–Crippen LogP) is -1.79. The summed E-state index contributed by atoms with van der Waals surface area (Å²) in [6.45, 7) is 1.16. The van der Waals surface area contributed by atoms with Gasteiger partial charge < -0.3 is 10.2 Å². The van der Waals surface area contributed by atoms with E-state index in [2.05, 4.69) is 0 Å². The molecule has 2 aliphatic rings. The van der Waals surface area contributed by atoms with Gasteiger partial charge in [0.05, 0.1) is 29.8 Å². The lowest BCUT2D eigenvalue weighted by Gasteiger charge is -2.24. The van der Waals surface area contributed by atoms with Gasteiger partial charge in [0.2, 0.25) is 0 Å². The smallest absolute Gasteiger partial charge is 0.154 e. The van der Waals surface area contributed by atoms with Crippen molar-refractivity contribution in [1.82, 2.24) is 4.90 Å². The number of hydrogen-bond acceptors (Lipinski definition) is 5. The molecule has 2 saturated heterocycles. The number of sulfone groups is 1. The third-order valence-electron chi connectivity index (χ3n) is 2.96. The summed E-state index contributed by atoms with van der Waals surface area (Å²) in [6.07, 6.45) is -0.487. The van der Waals surface area contributed by atoms with Gasteiger partial charge in [-0.2, -0.15) is 0 Å². The molecule has 14 heavy (non-hydrogen) atoms. The van der Waals surface area contributed by atoms with E-state index in [0.29, 0.717) is 19.5 Å². The van der Waals surface area contributed by atoms with Crippen molar-refractivity contribution in [3.8, 4) is 0 Å². The summed E-state index contributed by atoms with van der Waals surface area (Å²) in [5, 5.41) is 18.9. The van der Waals surface area contributed by atoms with Gasteiger partial charge in [-0.05, 0) is 6.42 Å². The van der Waals surface area contributed by atoms with Crippen LogP contribution in [0.3, 0.4) is 0 Å². The average molecular weight is 221 g/mol. The summed E-state index contributed by atoms with van der Waals surface area (Å²) in [7, 11) is -3.07. The topological polar surface area (TPSA) is 77.8 Å². The molecule has 6 heteroatoms. The van der Waals surface area contributed by atoms with Crippen molar-refractivity contribution in [2.45, 2.75) is 24.7 Å². The van der Waals surface area contributed by atoms with Crippen molar-refractivity contribution < 1.29 is 18.6 Å². The summed E-state index contributed by atoms with van der Waals surface area (Å²) in [5.41, 5.74) is 0. The molecule has 2 heterocycles. The fraction of sp³-hybridized carbons (Fsp3) is 1.00. The summed E-state index contributed by atoms with van der Waals surface area (Å²) >= 11 is 0. The highest BCUT2D eigenvalue weighted by Gasteiger charge is 2.41. The minimum absolute atomic E-state index is 0.0287. The summed E-state index contributed by atoms with van der Waals surface area (Å²) in [4.78, 5) is 1.87. The number of likely N-dealkylation sites (tertiary alicyclic amines) is 1. The van der Waals surface area contributed by atoms with E-state index in [9.17, 15) is 18.6 Å². The lowest BCUT2D eigenvalue weighted by molar-refractivity contribution is 0.0868. The molecule has 5 nitrogen and oxygen atoms in total. The van der Waals surface area contributed by atoms with Crippen LogP contribution < -0.4 is 0 Å². The molecule has 2 N–H and O–H groups in total. The quantitative estimate of drug-likeness (QED) is 0.547. The van der Waals surface area contributed by atoms with E-state index in [0.717, 1.165) is 0 Å². The fourth-order valence-corrected chi connectivity index (χ4v) is 4.06. The molecule has 0 spiro atoms. The van der Waals surface area contributed by atoms with Crippen LogP contribution >= 0.6 is 0 Å². The van der Waals surface area contributed by atoms with Crippen LogP contribution in [0.25, 0.3) is 0 Å². The average Bonchev–Trinajstić information content (AvgIpc) is 2.55. The molecular formula is C8H15NO4S. The molecule has 0 saturated carbocycles. The van der Waals surface area contributed by atoms with E-state index in [1.807, 2.05) is 4.90 Å². The largest absolute Gasteiger partial charge is 0.392 e. The SMILES string of the molecule is O=S1(=O)CC(O)C(N2CCC(O)C2)C1. The van der Waals surface area contributed by atoms with Gasteiger partial charge in [0.1, 0.15) is 0 Å². The predicted molar refractivity (Wildman–Crippen MR) is 50.6 cm³/mol. The zero-order valence-corrected chi connectivity index (χ0v) is 8.65. The highest BCUT2D eigenvalue weighted by molar-refractivity contribution is 7.91. The molecule has 0 aromatic carbocycles. The summed E-state index contributed by atoms with van der Waals surface area (Å²) < 4.78 is 22.5. The molecule has 0 aromatic rings. The molecule has 2 fully saturated rings. The Bertz CT molecular complexity index is 315. The molecule has 3 unspecified atom stereocenters.